The SMILES string of the molecule is C/C=N/O/C(C)=C/C(NC=N)/C(Cl)=C/N[C@H](C)COCC. The van der Waals surface area contributed by atoms with E-state index < -0.39 is 0 Å². The second-order valence-corrected chi connectivity index (χ2v) is 4.71. The predicted octanol–water partition coefficient (Wildman–Crippen LogP) is 2.57. The van der Waals surface area contributed by atoms with Crippen LogP contribution in [0.25, 0.3) is 0 Å². The Labute approximate surface area is 131 Å². The third kappa shape index (κ3) is 9.92. The molecule has 6 nitrogen and oxygen atoms in total. The van der Waals surface area contributed by atoms with E-state index in [1.807, 2.05) is 13.8 Å². The van der Waals surface area contributed by atoms with Gasteiger partial charge in [-0.25, -0.2) is 0 Å². The summed E-state index contributed by atoms with van der Waals surface area (Å²) in [5, 5.41) is 17.3. The van der Waals surface area contributed by atoms with Crippen LogP contribution in [0.15, 0.2) is 28.2 Å². The van der Waals surface area contributed by atoms with Crippen molar-refractivity contribution in [1.29, 1.82) is 5.41 Å². The van der Waals surface area contributed by atoms with E-state index in [0.717, 1.165) is 6.34 Å². The van der Waals surface area contributed by atoms with Gasteiger partial charge in [-0.2, -0.15) is 0 Å². The van der Waals surface area contributed by atoms with Gasteiger partial charge in [-0.1, -0.05) is 16.8 Å². The van der Waals surface area contributed by atoms with E-state index in [1.165, 1.54) is 0 Å². The molecule has 0 fully saturated rings. The molecule has 0 saturated heterocycles. The lowest BCUT2D eigenvalue weighted by atomic mass is 10.2. The Balaban J connectivity index is 4.65. The predicted molar refractivity (Wildman–Crippen MR) is 87.7 cm³/mol. The van der Waals surface area contributed by atoms with Gasteiger partial charge in [0.15, 0.2) is 0 Å². The van der Waals surface area contributed by atoms with E-state index in [0.29, 0.717) is 24.0 Å². The van der Waals surface area contributed by atoms with Crippen molar-refractivity contribution in [2.24, 2.45) is 5.16 Å². The number of nitrogens with zero attached hydrogens (tertiary/aromatic N) is 1. The highest BCUT2D eigenvalue weighted by molar-refractivity contribution is 6.30. The molecule has 120 valence electrons. The van der Waals surface area contributed by atoms with Crippen molar-refractivity contribution < 1.29 is 9.57 Å². The van der Waals surface area contributed by atoms with Crippen LogP contribution in [-0.2, 0) is 9.57 Å². The second-order valence-electron chi connectivity index (χ2n) is 4.28. The fraction of sp³-hybridized carbons (Fsp3) is 0.571. The zero-order valence-electron chi connectivity index (χ0n) is 13.0. The third-order valence-corrected chi connectivity index (χ3v) is 2.69. The molecule has 0 aliphatic heterocycles. The molecule has 0 amide bonds. The van der Waals surface area contributed by atoms with Crippen LogP contribution in [-0.4, -0.2) is 37.9 Å². The Kier molecular flexibility index (Phi) is 11.3. The minimum atomic E-state index is -0.358. The topological polar surface area (TPSA) is 78.7 Å². The van der Waals surface area contributed by atoms with Gasteiger partial charge in [0.25, 0.3) is 0 Å². The molecule has 0 saturated carbocycles. The summed E-state index contributed by atoms with van der Waals surface area (Å²) >= 11 is 6.24. The third-order valence-electron chi connectivity index (χ3n) is 2.34. The van der Waals surface area contributed by atoms with Gasteiger partial charge < -0.3 is 20.2 Å². The van der Waals surface area contributed by atoms with Crippen molar-refractivity contribution in [1.82, 2.24) is 10.6 Å². The number of ether oxygens (including phenoxy) is 1. The average Bonchev–Trinajstić information content (AvgIpc) is 2.47. The van der Waals surface area contributed by atoms with Gasteiger partial charge in [-0.3, -0.25) is 5.41 Å². The molecule has 0 rings (SSSR count). The molecule has 0 radical (unpaired) electrons. The van der Waals surface area contributed by atoms with Gasteiger partial charge in [0, 0.05) is 25.1 Å². The van der Waals surface area contributed by atoms with Crippen LogP contribution >= 0.6 is 11.6 Å². The van der Waals surface area contributed by atoms with E-state index in [-0.39, 0.29) is 12.1 Å². The molecule has 3 N–H and O–H groups in total. The monoisotopic (exact) mass is 316 g/mol. The van der Waals surface area contributed by atoms with Gasteiger partial charge in [-0.15, -0.1) is 0 Å². The summed E-state index contributed by atoms with van der Waals surface area (Å²) in [7, 11) is 0. The molecule has 0 aliphatic carbocycles. The van der Waals surface area contributed by atoms with Crippen molar-refractivity contribution >= 4 is 24.2 Å². The first-order valence-electron chi connectivity index (χ1n) is 6.82. The molecule has 7 heteroatoms. The van der Waals surface area contributed by atoms with Crippen molar-refractivity contribution in [3.63, 3.8) is 0 Å². The minimum absolute atomic E-state index is 0.144. The molecule has 0 heterocycles. The fourth-order valence-electron chi connectivity index (χ4n) is 1.35. The normalized spacial score (nSPS) is 15.7. The van der Waals surface area contributed by atoms with Crippen LogP contribution in [0.1, 0.15) is 27.7 Å². The van der Waals surface area contributed by atoms with Crippen molar-refractivity contribution in [2.45, 2.75) is 39.8 Å². The summed E-state index contributed by atoms with van der Waals surface area (Å²) in [4.78, 5) is 5.09. The van der Waals surface area contributed by atoms with Crippen LogP contribution < -0.4 is 10.6 Å². The Morgan fingerprint density at radius 1 is 1.43 bits per heavy atom. The fourth-order valence-corrected chi connectivity index (χ4v) is 1.54. The molecular formula is C14H25ClN4O2. The second kappa shape index (κ2) is 12.2. The van der Waals surface area contributed by atoms with Gasteiger partial charge in [0.05, 0.1) is 24.0 Å². The largest absolute Gasteiger partial charge is 0.385 e. The number of halogens is 1. The van der Waals surface area contributed by atoms with Gasteiger partial charge >= 0.3 is 0 Å². The molecular weight excluding hydrogens is 292 g/mol. The molecule has 0 aromatic heterocycles. The van der Waals surface area contributed by atoms with Crippen molar-refractivity contribution in [3.05, 3.63) is 23.1 Å². The van der Waals surface area contributed by atoms with Crippen LogP contribution in [0.2, 0.25) is 0 Å². The maximum Gasteiger partial charge on any atom is 0.130 e. The lowest BCUT2D eigenvalue weighted by Crippen LogP contribution is -2.30. The molecule has 0 aromatic rings. The lowest BCUT2D eigenvalue weighted by molar-refractivity contribution is 0.131. The molecule has 2 atom stereocenters. The Morgan fingerprint density at radius 3 is 2.71 bits per heavy atom. The zero-order chi connectivity index (χ0) is 16.1. The van der Waals surface area contributed by atoms with Crippen LogP contribution in [0.5, 0.6) is 0 Å². The van der Waals surface area contributed by atoms with E-state index in [1.54, 1.807) is 32.3 Å². The zero-order valence-corrected chi connectivity index (χ0v) is 13.8. The van der Waals surface area contributed by atoms with Crippen LogP contribution in [0.4, 0.5) is 0 Å². The maximum absolute atomic E-state index is 7.15. The first-order valence-corrected chi connectivity index (χ1v) is 7.20. The number of rotatable bonds is 11. The molecule has 1 unspecified atom stereocenters. The molecule has 0 bridgehead atoms. The molecule has 0 aliphatic rings. The van der Waals surface area contributed by atoms with Crippen LogP contribution in [0.3, 0.4) is 0 Å². The number of oxime groups is 1. The number of allylic oxidation sites excluding steroid dienone is 1. The number of nitrogens with one attached hydrogen (secondary N) is 3. The van der Waals surface area contributed by atoms with Gasteiger partial charge in [0.1, 0.15) is 5.76 Å². The summed E-state index contributed by atoms with van der Waals surface area (Å²) in [5.74, 6) is 0.585. The van der Waals surface area contributed by atoms with Crippen LogP contribution in [0, 0.1) is 5.41 Å². The number of hydrogen-bond acceptors (Lipinski definition) is 5. The Hall–Kier alpha value is -1.53. The highest BCUT2D eigenvalue weighted by Crippen LogP contribution is 2.11. The summed E-state index contributed by atoms with van der Waals surface area (Å²) in [6.45, 7) is 8.75. The summed E-state index contributed by atoms with van der Waals surface area (Å²) < 4.78 is 5.31. The summed E-state index contributed by atoms with van der Waals surface area (Å²) in [6.07, 6.45) is 6.06. The summed E-state index contributed by atoms with van der Waals surface area (Å²) in [5.41, 5.74) is 0. The number of hydrogen-bond donors (Lipinski definition) is 3. The maximum atomic E-state index is 7.15. The first-order chi connectivity index (χ1) is 10.0. The van der Waals surface area contributed by atoms with Crippen molar-refractivity contribution in [2.75, 3.05) is 13.2 Å². The Morgan fingerprint density at radius 2 is 2.14 bits per heavy atom. The molecule has 0 aromatic carbocycles. The van der Waals surface area contributed by atoms with Crippen molar-refractivity contribution in [3.8, 4) is 0 Å². The quantitative estimate of drug-likeness (QED) is 0.237. The standard InChI is InChI=1S/C14H25ClN4O2/c1-5-19-21-12(4)7-14(18-10-16)13(15)8-17-11(3)9-20-6-2/h5,7-8,10-11,14,17H,6,9H2,1-4H3,(H2,16,18)/b12-7+,13-8-,19-5+/t11-,14?/m1/s1. The molecule has 0 spiro atoms. The summed E-state index contributed by atoms with van der Waals surface area (Å²) in [6, 6.07) is -0.214. The highest BCUT2D eigenvalue weighted by Gasteiger charge is 2.10. The average molecular weight is 317 g/mol. The Bertz CT molecular complexity index is 383. The first kappa shape index (κ1) is 19.5. The smallest absolute Gasteiger partial charge is 0.130 e. The van der Waals surface area contributed by atoms with E-state index in [2.05, 4.69) is 15.8 Å². The minimum Gasteiger partial charge on any atom is -0.385 e. The van der Waals surface area contributed by atoms with E-state index in [4.69, 9.17) is 26.6 Å². The highest BCUT2D eigenvalue weighted by atomic mass is 35.5. The van der Waals surface area contributed by atoms with Gasteiger partial charge in [0.2, 0.25) is 0 Å². The van der Waals surface area contributed by atoms with E-state index >= 15 is 0 Å². The van der Waals surface area contributed by atoms with E-state index in [9.17, 15) is 0 Å². The molecule has 21 heavy (non-hydrogen) atoms. The lowest BCUT2D eigenvalue weighted by Gasteiger charge is -2.15. The van der Waals surface area contributed by atoms with Gasteiger partial charge in [-0.05, 0) is 33.8 Å².